The normalized spacial score (nSPS) is 11.6. The molecule has 6 heteroatoms. The van der Waals surface area contributed by atoms with Gasteiger partial charge in [0.15, 0.2) is 6.04 Å². The Labute approximate surface area is 164 Å². The van der Waals surface area contributed by atoms with Crippen molar-refractivity contribution >= 4 is 17.5 Å². The number of aromatic nitrogens is 2. The van der Waals surface area contributed by atoms with E-state index in [1.165, 1.54) is 0 Å². The summed E-state index contributed by atoms with van der Waals surface area (Å²) in [7, 11) is 0. The summed E-state index contributed by atoms with van der Waals surface area (Å²) in [4.78, 5) is 27.2. The van der Waals surface area contributed by atoms with Crippen molar-refractivity contribution in [1.82, 2.24) is 14.7 Å². The molecule has 2 aromatic carbocycles. The highest BCUT2D eigenvalue weighted by Crippen LogP contribution is 2.20. The highest BCUT2D eigenvalue weighted by Gasteiger charge is 2.23. The van der Waals surface area contributed by atoms with Crippen molar-refractivity contribution in [3.63, 3.8) is 0 Å². The van der Waals surface area contributed by atoms with Gasteiger partial charge in [0.25, 0.3) is 11.8 Å². The monoisotopic (exact) mass is 376 g/mol. The molecule has 0 radical (unpaired) electrons. The van der Waals surface area contributed by atoms with Crippen molar-refractivity contribution in [3.05, 3.63) is 84.2 Å². The van der Waals surface area contributed by atoms with Crippen molar-refractivity contribution in [2.45, 2.75) is 19.9 Å². The second-order valence-electron chi connectivity index (χ2n) is 6.34. The van der Waals surface area contributed by atoms with Gasteiger partial charge in [-0.2, -0.15) is 5.10 Å². The molecule has 0 bridgehead atoms. The zero-order valence-corrected chi connectivity index (χ0v) is 16.1. The van der Waals surface area contributed by atoms with E-state index in [4.69, 9.17) is 0 Å². The van der Waals surface area contributed by atoms with Crippen LogP contribution in [-0.4, -0.2) is 39.6 Å². The van der Waals surface area contributed by atoms with E-state index in [2.05, 4.69) is 10.4 Å². The molecule has 2 amide bonds. The van der Waals surface area contributed by atoms with E-state index in [1.807, 2.05) is 44.2 Å². The lowest BCUT2D eigenvalue weighted by atomic mass is 10.1. The molecule has 0 spiro atoms. The number of nitrogens with zero attached hydrogens (tertiary/aromatic N) is 3. The summed E-state index contributed by atoms with van der Waals surface area (Å²) in [5.41, 5.74) is 2.08. The van der Waals surface area contributed by atoms with Crippen molar-refractivity contribution in [2.24, 2.45) is 0 Å². The first kappa shape index (κ1) is 19.4. The summed E-state index contributed by atoms with van der Waals surface area (Å²) in [5.74, 6) is -0.209. The lowest BCUT2D eigenvalue weighted by Gasteiger charge is -2.19. The van der Waals surface area contributed by atoms with E-state index >= 15 is 0 Å². The number of nitrogens with one attached hydrogen (secondary N) is 1. The number of carbonyl (C=O) groups excluding carboxylic acids is 2. The van der Waals surface area contributed by atoms with E-state index < -0.39 is 6.04 Å². The van der Waals surface area contributed by atoms with Gasteiger partial charge in [-0.15, -0.1) is 0 Å². The molecule has 0 aliphatic rings. The van der Waals surface area contributed by atoms with Gasteiger partial charge in [0, 0.05) is 36.7 Å². The molecule has 144 valence electrons. The Hall–Kier alpha value is -3.41. The van der Waals surface area contributed by atoms with Crippen molar-refractivity contribution in [2.75, 3.05) is 18.4 Å². The summed E-state index contributed by atoms with van der Waals surface area (Å²) < 4.78 is 1.63. The fraction of sp³-hybridized carbons (Fsp3) is 0.227. The van der Waals surface area contributed by atoms with Crippen LogP contribution in [0.2, 0.25) is 0 Å². The number of carbonyl (C=O) groups is 2. The molecule has 1 heterocycles. The Morgan fingerprint density at radius 3 is 2.25 bits per heavy atom. The minimum absolute atomic E-state index is 0.0124. The zero-order valence-electron chi connectivity index (χ0n) is 16.1. The van der Waals surface area contributed by atoms with Gasteiger partial charge in [-0.3, -0.25) is 14.3 Å². The van der Waals surface area contributed by atoms with Gasteiger partial charge in [-0.1, -0.05) is 30.3 Å². The molecule has 0 saturated heterocycles. The average molecular weight is 376 g/mol. The highest BCUT2D eigenvalue weighted by molar-refractivity contribution is 5.97. The van der Waals surface area contributed by atoms with Crippen LogP contribution in [0, 0.1) is 0 Å². The lowest BCUT2D eigenvalue weighted by molar-refractivity contribution is -0.118. The Morgan fingerprint density at radius 1 is 1.00 bits per heavy atom. The van der Waals surface area contributed by atoms with E-state index in [0.29, 0.717) is 24.3 Å². The van der Waals surface area contributed by atoms with Gasteiger partial charge in [-0.05, 0) is 49.7 Å². The van der Waals surface area contributed by atoms with Crippen molar-refractivity contribution in [3.8, 4) is 0 Å². The van der Waals surface area contributed by atoms with E-state index in [-0.39, 0.29) is 11.8 Å². The Bertz CT molecular complexity index is 901. The number of benzene rings is 2. The number of amides is 2. The standard InChI is InChI=1S/C22H24N4O2/c1-3-25(4-2)22(28)18-11-13-19(14-12-18)24-21(27)20(26-16-8-15-23-26)17-9-6-5-7-10-17/h5-16,20H,3-4H2,1-2H3,(H,24,27). The van der Waals surface area contributed by atoms with E-state index in [1.54, 1.807) is 52.3 Å². The predicted molar refractivity (Wildman–Crippen MR) is 109 cm³/mol. The number of anilines is 1. The molecule has 0 aliphatic carbocycles. The average Bonchev–Trinajstić information content (AvgIpc) is 3.24. The zero-order chi connectivity index (χ0) is 19.9. The van der Waals surface area contributed by atoms with Crippen LogP contribution in [0.3, 0.4) is 0 Å². The molecule has 1 unspecified atom stereocenters. The summed E-state index contributed by atoms with van der Waals surface area (Å²) in [6.07, 6.45) is 3.42. The number of hydrogen-bond acceptors (Lipinski definition) is 3. The molecular formula is C22H24N4O2. The Morgan fingerprint density at radius 2 is 1.68 bits per heavy atom. The fourth-order valence-electron chi connectivity index (χ4n) is 3.09. The van der Waals surface area contributed by atoms with Crippen LogP contribution in [0.15, 0.2) is 73.1 Å². The highest BCUT2D eigenvalue weighted by atomic mass is 16.2. The van der Waals surface area contributed by atoms with Gasteiger partial charge in [-0.25, -0.2) is 0 Å². The van der Waals surface area contributed by atoms with Crippen molar-refractivity contribution < 1.29 is 9.59 Å². The van der Waals surface area contributed by atoms with Crippen LogP contribution >= 0.6 is 0 Å². The second kappa shape index (κ2) is 8.99. The summed E-state index contributed by atoms with van der Waals surface area (Å²) in [5, 5.41) is 7.16. The van der Waals surface area contributed by atoms with Gasteiger partial charge >= 0.3 is 0 Å². The molecule has 3 rings (SSSR count). The molecule has 1 aromatic heterocycles. The third kappa shape index (κ3) is 4.28. The number of rotatable bonds is 7. The predicted octanol–water partition coefficient (Wildman–Crippen LogP) is 3.59. The first-order valence-electron chi connectivity index (χ1n) is 9.38. The molecule has 0 saturated carbocycles. The van der Waals surface area contributed by atoms with Crippen LogP contribution < -0.4 is 5.32 Å². The smallest absolute Gasteiger partial charge is 0.253 e. The minimum atomic E-state index is -0.576. The Kier molecular flexibility index (Phi) is 6.22. The third-order valence-electron chi connectivity index (χ3n) is 4.60. The first-order chi connectivity index (χ1) is 13.6. The molecular weight excluding hydrogens is 352 g/mol. The molecule has 1 N–H and O–H groups in total. The first-order valence-corrected chi connectivity index (χ1v) is 9.38. The summed E-state index contributed by atoms with van der Waals surface area (Å²) >= 11 is 0. The van der Waals surface area contributed by atoms with Crippen LogP contribution in [0.25, 0.3) is 0 Å². The maximum absolute atomic E-state index is 13.0. The van der Waals surface area contributed by atoms with Crippen LogP contribution in [0.4, 0.5) is 5.69 Å². The largest absolute Gasteiger partial charge is 0.339 e. The van der Waals surface area contributed by atoms with E-state index in [0.717, 1.165) is 5.56 Å². The maximum atomic E-state index is 13.0. The topological polar surface area (TPSA) is 67.2 Å². The van der Waals surface area contributed by atoms with Crippen LogP contribution in [-0.2, 0) is 4.79 Å². The van der Waals surface area contributed by atoms with Gasteiger partial charge in [0.1, 0.15) is 0 Å². The third-order valence-corrected chi connectivity index (χ3v) is 4.60. The minimum Gasteiger partial charge on any atom is -0.339 e. The molecule has 28 heavy (non-hydrogen) atoms. The quantitative estimate of drug-likeness (QED) is 0.685. The molecule has 0 fully saturated rings. The summed E-state index contributed by atoms with van der Waals surface area (Å²) in [6.45, 7) is 5.23. The van der Waals surface area contributed by atoms with Crippen LogP contribution in [0.1, 0.15) is 35.8 Å². The number of hydrogen-bond donors (Lipinski definition) is 1. The molecule has 6 nitrogen and oxygen atoms in total. The van der Waals surface area contributed by atoms with Gasteiger partial charge in [0.05, 0.1) is 0 Å². The fourth-order valence-corrected chi connectivity index (χ4v) is 3.09. The maximum Gasteiger partial charge on any atom is 0.253 e. The molecule has 3 aromatic rings. The lowest BCUT2D eigenvalue weighted by Crippen LogP contribution is -2.30. The van der Waals surface area contributed by atoms with Gasteiger partial charge < -0.3 is 10.2 Å². The van der Waals surface area contributed by atoms with Crippen molar-refractivity contribution in [1.29, 1.82) is 0 Å². The SMILES string of the molecule is CCN(CC)C(=O)c1ccc(NC(=O)C(c2ccccc2)n2cccn2)cc1. The Balaban J connectivity index is 1.78. The van der Waals surface area contributed by atoms with E-state index in [9.17, 15) is 9.59 Å². The molecule has 0 aliphatic heterocycles. The second-order valence-corrected chi connectivity index (χ2v) is 6.34. The molecule has 1 atom stereocenters. The van der Waals surface area contributed by atoms with Crippen LogP contribution in [0.5, 0.6) is 0 Å². The van der Waals surface area contributed by atoms with Gasteiger partial charge in [0.2, 0.25) is 0 Å². The summed E-state index contributed by atoms with van der Waals surface area (Å²) in [6, 6.07) is 17.7.